The lowest BCUT2D eigenvalue weighted by molar-refractivity contribution is -0.136. The number of ether oxygens (including phenoxy) is 2. The summed E-state index contributed by atoms with van der Waals surface area (Å²) in [4.78, 5) is 24.2. The topological polar surface area (TPSA) is 76.1 Å². The van der Waals surface area contributed by atoms with E-state index >= 15 is 0 Å². The molecule has 0 saturated carbocycles. The summed E-state index contributed by atoms with van der Waals surface area (Å²) in [6, 6.07) is 4.95. The molecule has 1 heterocycles. The van der Waals surface area contributed by atoms with Gasteiger partial charge in [-0.3, -0.25) is 4.79 Å². The summed E-state index contributed by atoms with van der Waals surface area (Å²) in [5, 5.41) is 9.15. The number of carbonyl (C=O) groups is 2. The van der Waals surface area contributed by atoms with Crippen LogP contribution in [0.25, 0.3) is 0 Å². The molecule has 0 aliphatic carbocycles. The first-order valence-corrected chi connectivity index (χ1v) is 8.13. The summed E-state index contributed by atoms with van der Waals surface area (Å²) in [6.45, 7) is 7.12. The Morgan fingerprint density at radius 3 is 2.54 bits per heavy atom. The Morgan fingerprint density at radius 1 is 1.33 bits per heavy atom. The van der Waals surface area contributed by atoms with Crippen LogP contribution in [0.5, 0.6) is 5.75 Å². The van der Waals surface area contributed by atoms with Gasteiger partial charge in [0.15, 0.2) is 0 Å². The third kappa shape index (κ3) is 5.30. The molecule has 1 aliphatic heterocycles. The van der Waals surface area contributed by atoms with Gasteiger partial charge in [0.2, 0.25) is 0 Å². The van der Waals surface area contributed by atoms with E-state index in [1.54, 1.807) is 23.1 Å². The van der Waals surface area contributed by atoms with Gasteiger partial charge in [-0.15, -0.1) is 0 Å². The molecule has 24 heavy (non-hydrogen) atoms. The van der Waals surface area contributed by atoms with Crippen molar-refractivity contribution in [3.63, 3.8) is 0 Å². The van der Waals surface area contributed by atoms with E-state index in [-0.39, 0.29) is 18.4 Å². The van der Waals surface area contributed by atoms with Crippen LogP contribution in [0.1, 0.15) is 26.3 Å². The number of halogens is 1. The predicted molar refractivity (Wildman–Crippen MR) is 89.6 cm³/mol. The maximum absolute atomic E-state index is 11.8. The van der Waals surface area contributed by atoms with Crippen molar-refractivity contribution >= 4 is 23.7 Å². The predicted octanol–water partition coefficient (Wildman–Crippen LogP) is 3.21. The van der Waals surface area contributed by atoms with E-state index in [0.717, 1.165) is 0 Å². The van der Waals surface area contributed by atoms with Gasteiger partial charge in [0.25, 0.3) is 0 Å². The van der Waals surface area contributed by atoms with Gasteiger partial charge in [-0.25, -0.2) is 4.79 Å². The number of likely N-dealkylation sites (tertiary alicyclic amines) is 1. The largest absolute Gasteiger partial charge is 0.492 e. The fourth-order valence-electron chi connectivity index (χ4n) is 2.30. The lowest BCUT2D eigenvalue weighted by Gasteiger charge is -2.39. The van der Waals surface area contributed by atoms with Crippen molar-refractivity contribution in [2.45, 2.75) is 32.8 Å². The van der Waals surface area contributed by atoms with Crippen molar-refractivity contribution in [3.8, 4) is 5.75 Å². The molecule has 1 N–H and O–H groups in total. The summed E-state index contributed by atoms with van der Waals surface area (Å²) in [5.41, 5.74) is 0.128. The zero-order chi connectivity index (χ0) is 17.9. The molecular weight excluding hydrogens is 334 g/mol. The Labute approximate surface area is 146 Å². The van der Waals surface area contributed by atoms with Crippen LogP contribution < -0.4 is 4.74 Å². The average molecular weight is 356 g/mol. The second-order valence-electron chi connectivity index (χ2n) is 6.90. The zero-order valence-electron chi connectivity index (χ0n) is 14.0. The smallest absolute Gasteiger partial charge is 0.410 e. The number of nitrogens with zero attached hydrogens (tertiary/aromatic N) is 1. The first-order chi connectivity index (χ1) is 11.1. The molecule has 1 aromatic carbocycles. The van der Waals surface area contributed by atoms with Crippen LogP contribution in [0.15, 0.2) is 18.2 Å². The zero-order valence-corrected chi connectivity index (χ0v) is 14.8. The summed E-state index contributed by atoms with van der Waals surface area (Å²) in [5.74, 6) is -0.162. The second kappa shape index (κ2) is 7.30. The summed E-state index contributed by atoms with van der Waals surface area (Å²) < 4.78 is 11.0. The lowest BCUT2D eigenvalue weighted by Crippen LogP contribution is -2.53. The van der Waals surface area contributed by atoms with Crippen LogP contribution in [-0.2, 0) is 16.0 Å². The van der Waals surface area contributed by atoms with E-state index < -0.39 is 11.6 Å². The van der Waals surface area contributed by atoms with Gasteiger partial charge >= 0.3 is 12.1 Å². The van der Waals surface area contributed by atoms with E-state index in [4.69, 9.17) is 26.2 Å². The fraction of sp³-hybridized carbons (Fsp3) is 0.529. The number of benzene rings is 1. The number of carbonyl (C=O) groups excluding carboxylic acids is 1. The molecule has 0 atom stereocenters. The molecule has 6 nitrogen and oxygen atoms in total. The van der Waals surface area contributed by atoms with E-state index in [0.29, 0.717) is 36.0 Å². The van der Waals surface area contributed by atoms with Crippen LogP contribution in [0.2, 0.25) is 5.02 Å². The highest BCUT2D eigenvalue weighted by Crippen LogP contribution is 2.27. The van der Waals surface area contributed by atoms with Crippen molar-refractivity contribution in [1.82, 2.24) is 4.90 Å². The number of hydrogen-bond acceptors (Lipinski definition) is 4. The molecular formula is C17H22ClNO5. The number of aliphatic carboxylic acids is 1. The third-order valence-electron chi connectivity index (χ3n) is 3.44. The Bertz CT molecular complexity index is 620. The highest BCUT2D eigenvalue weighted by atomic mass is 35.5. The standard InChI is InChI=1S/C17H22ClNO5/c1-17(2,3)24-16(22)19-8-12(9-19)10-23-14-5-4-11(6-13(14)18)7-15(20)21/h4-6,12H,7-10H2,1-3H3,(H,20,21). The van der Waals surface area contributed by atoms with Gasteiger partial charge in [-0.1, -0.05) is 17.7 Å². The van der Waals surface area contributed by atoms with Crippen molar-refractivity contribution in [2.75, 3.05) is 19.7 Å². The fourth-order valence-corrected chi connectivity index (χ4v) is 2.56. The molecule has 2 rings (SSSR count). The van der Waals surface area contributed by atoms with Crippen LogP contribution in [0, 0.1) is 5.92 Å². The number of rotatable bonds is 5. The third-order valence-corrected chi connectivity index (χ3v) is 3.73. The molecule has 1 fully saturated rings. The van der Waals surface area contributed by atoms with Crippen LogP contribution in [-0.4, -0.2) is 47.4 Å². The lowest BCUT2D eigenvalue weighted by atomic mass is 10.0. The summed E-state index contributed by atoms with van der Waals surface area (Å²) >= 11 is 6.11. The Balaban J connectivity index is 1.78. The minimum Gasteiger partial charge on any atom is -0.492 e. The SMILES string of the molecule is CC(C)(C)OC(=O)N1CC(COc2ccc(CC(=O)O)cc2Cl)C1. The first kappa shape index (κ1) is 18.4. The van der Waals surface area contributed by atoms with E-state index in [9.17, 15) is 9.59 Å². The minimum absolute atomic E-state index is 0.0759. The van der Waals surface area contributed by atoms with Crippen LogP contribution >= 0.6 is 11.6 Å². The van der Waals surface area contributed by atoms with E-state index in [1.165, 1.54) is 0 Å². The quantitative estimate of drug-likeness (QED) is 0.877. The maximum Gasteiger partial charge on any atom is 0.410 e. The Kier molecular flexibility index (Phi) is 5.59. The summed E-state index contributed by atoms with van der Waals surface area (Å²) in [6.07, 6.45) is -0.386. The number of carboxylic acid groups (broad SMARTS) is 1. The van der Waals surface area contributed by atoms with Gasteiger partial charge in [-0.2, -0.15) is 0 Å². The minimum atomic E-state index is -0.906. The number of carboxylic acids is 1. The van der Waals surface area contributed by atoms with Crippen LogP contribution in [0.3, 0.4) is 0 Å². The Morgan fingerprint density at radius 2 is 2.00 bits per heavy atom. The van der Waals surface area contributed by atoms with Crippen molar-refractivity contribution in [2.24, 2.45) is 5.92 Å². The van der Waals surface area contributed by atoms with E-state index in [1.807, 2.05) is 20.8 Å². The molecule has 0 radical (unpaired) electrons. The highest BCUT2D eigenvalue weighted by molar-refractivity contribution is 6.32. The van der Waals surface area contributed by atoms with Crippen molar-refractivity contribution in [1.29, 1.82) is 0 Å². The van der Waals surface area contributed by atoms with Crippen LogP contribution in [0.4, 0.5) is 4.79 Å². The molecule has 132 valence electrons. The molecule has 1 aliphatic rings. The van der Waals surface area contributed by atoms with Gasteiger partial charge in [0.1, 0.15) is 11.4 Å². The van der Waals surface area contributed by atoms with E-state index in [2.05, 4.69) is 0 Å². The number of hydrogen-bond donors (Lipinski definition) is 1. The molecule has 0 bridgehead atoms. The average Bonchev–Trinajstić information content (AvgIpc) is 2.36. The molecule has 0 spiro atoms. The molecule has 1 aromatic rings. The van der Waals surface area contributed by atoms with Gasteiger partial charge < -0.3 is 19.5 Å². The highest BCUT2D eigenvalue weighted by Gasteiger charge is 2.34. The van der Waals surface area contributed by atoms with Gasteiger partial charge in [-0.05, 0) is 38.5 Å². The molecule has 7 heteroatoms. The maximum atomic E-state index is 11.8. The van der Waals surface area contributed by atoms with Gasteiger partial charge in [0.05, 0.1) is 18.1 Å². The normalized spacial score (nSPS) is 14.9. The molecule has 0 aromatic heterocycles. The van der Waals surface area contributed by atoms with Crippen molar-refractivity contribution in [3.05, 3.63) is 28.8 Å². The Hall–Kier alpha value is -1.95. The second-order valence-corrected chi connectivity index (χ2v) is 7.30. The number of amides is 1. The van der Waals surface area contributed by atoms with Crippen molar-refractivity contribution < 1.29 is 24.2 Å². The molecule has 0 unspecified atom stereocenters. The summed E-state index contributed by atoms with van der Waals surface area (Å²) in [7, 11) is 0. The molecule has 1 amide bonds. The molecule has 1 saturated heterocycles. The monoisotopic (exact) mass is 355 g/mol. The first-order valence-electron chi connectivity index (χ1n) is 7.75. The van der Waals surface area contributed by atoms with Gasteiger partial charge in [0, 0.05) is 19.0 Å².